The van der Waals surface area contributed by atoms with E-state index in [-0.39, 0.29) is 0 Å². The Balaban J connectivity index is 1.96. The average molecular weight is 385 g/mol. The zero-order chi connectivity index (χ0) is 20.4. The highest BCUT2D eigenvalue weighted by molar-refractivity contribution is 5.71. The molecule has 0 saturated heterocycles. The van der Waals surface area contributed by atoms with Crippen LogP contribution in [-0.2, 0) is 0 Å². The van der Waals surface area contributed by atoms with Crippen LogP contribution in [0, 0.1) is 0 Å². The summed E-state index contributed by atoms with van der Waals surface area (Å²) in [5.41, 5.74) is 2.15. The summed E-state index contributed by atoms with van der Waals surface area (Å²) < 4.78 is 17.7. The highest BCUT2D eigenvalue weighted by Gasteiger charge is 2.20. The van der Waals surface area contributed by atoms with Gasteiger partial charge in [-0.05, 0) is 56.2 Å². The topological polar surface area (TPSA) is 27.7 Å². The average Bonchev–Trinajstić information content (AvgIpc) is 2.76. The first-order valence-corrected chi connectivity index (χ1v) is 10.1. The molecule has 2 rings (SSSR count). The highest BCUT2D eigenvalue weighted by Crippen LogP contribution is 2.24. The van der Waals surface area contributed by atoms with E-state index in [0.717, 1.165) is 65.6 Å². The van der Waals surface area contributed by atoms with Crippen molar-refractivity contribution in [3.05, 3.63) is 53.6 Å². The van der Waals surface area contributed by atoms with Crippen LogP contribution in [0.15, 0.2) is 42.5 Å². The van der Waals surface area contributed by atoms with Gasteiger partial charge in [-0.15, -0.1) is 0 Å². The molecule has 0 unspecified atom stereocenters. The van der Waals surface area contributed by atoms with Gasteiger partial charge in [-0.25, -0.2) is 0 Å². The number of quaternary nitrogens is 1. The standard InChI is InChI=1S/C24H34NO3/c1-6-25(7-2,8-3)15-16-28-22-13-11-20(12-14-22)9-10-21-17-23(26-4)19-24(18-21)27-5/h9-14,17-19H,6-8,15-16H2,1-5H3/q+1. The van der Waals surface area contributed by atoms with E-state index in [9.17, 15) is 0 Å². The van der Waals surface area contributed by atoms with Crippen LogP contribution < -0.4 is 14.2 Å². The quantitative estimate of drug-likeness (QED) is 0.397. The maximum Gasteiger partial charge on any atom is 0.137 e. The molecule has 0 radical (unpaired) electrons. The number of hydrogen-bond donors (Lipinski definition) is 0. The molecular weight excluding hydrogens is 350 g/mol. The number of nitrogens with zero attached hydrogens (tertiary/aromatic N) is 1. The molecular formula is C24H34NO3+. The maximum absolute atomic E-state index is 5.97. The van der Waals surface area contributed by atoms with Gasteiger partial charge in [-0.1, -0.05) is 24.3 Å². The van der Waals surface area contributed by atoms with E-state index < -0.39 is 0 Å². The number of rotatable bonds is 11. The van der Waals surface area contributed by atoms with Crippen molar-refractivity contribution >= 4 is 12.2 Å². The highest BCUT2D eigenvalue weighted by atomic mass is 16.5. The third-order valence-corrected chi connectivity index (χ3v) is 5.57. The molecule has 4 heteroatoms. The molecule has 0 fully saturated rings. The Morgan fingerprint density at radius 3 is 1.75 bits per heavy atom. The number of likely N-dealkylation sites (N-methyl/N-ethyl adjacent to an activating group) is 1. The van der Waals surface area contributed by atoms with Crippen molar-refractivity contribution in [2.45, 2.75) is 20.8 Å². The zero-order valence-electron chi connectivity index (χ0n) is 17.9. The van der Waals surface area contributed by atoms with Crippen LogP contribution in [0.4, 0.5) is 0 Å². The summed E-state index contributed by atoms with van der Waals surface area (Å²) in [4.78, 5) is 0. The van der Waals surface area contributed by atoms with Gasteiger partial charge in [0, 0.05) is 6.07 Å². The van der Waals surface area contributed by atoms with E-state index in [4.69, 9.17) is 14.2 Å². The summed E-state index contributed by atoms with van der Waals surface area (Å²) in [5, 5.41) is 0. The lowest BCUT2D eigenvalue weighted by molar-refractivity contribution is -0.923. The molecule has 0 aliphatic rings. The molecule has 0 heterocycles. The lowest BCUT2D eigenvalue weighted by Gasteiger charge is -2.35. The maximum atomic E-state index is 5.97. The van der Waals surface area contributed by atoms with Crippen molar-refractivity contribution < 1.29 is 18.7 Å². The lowest BCUT2D eigenvalue weighted by Crippen LogP contribution is -2.49. The van der Waals surface area contributed by atoms with Crippen LogP contribution in [0.25, 0.3) is 12.2 Å². The van der Waals surface area contributed by atoms with Crippen molar-refractivity contribution in [2.24, 2.45) is 0 Å². The molecule has 28 heavy (non-hydrogen) atoms. The molecule has 0 bridgehead atoms. The van der Waals surface area contributed by atoms with Crippen LogP contribution >= 0.6 is 0 Å². The van der Waals surface area contributed by atoms with Crippen molar-refractivity contribution in [1.29, 1.82) is 0 Å². The molecule has 0 aliphatic heterocycles. The third-order valence-electron chi connectivity index (χ3n) is 5.57. The molecule has 0 aliphatic carbocycles. The molecule has 0 atom stereocenters. The zero-order valence-corrected chi connectivity index (χ0v) is 17.9. The molecule has 4 nitrogen and oxygen atoms in total. The second kappa shape index (κ2) is 10.8. The van der Waals surface area contributed by atoms with Crippen molar-refractivity contribution in [3.63, 3.8) is 0 Å². The van der Waals surface area contributed by atoms with Gasteiger partial charge in [0.05, 0.1) is 33.9 Å². The number of benzene rings is 2. The Morgan fingerprint density at radius 1 is 0.714 bits per heavy atom. The first kappa shape index (κ1) is 21.8. The molecule has 0 aromatic heterocycles. The molecule has 0 spiro atoms. The Kier molecular flexibility index (Phi) is 8.40. The Labute approximate surface area is 169 Å². The summed E-state index contributed by atoms with van der Waals surface area (Å²) in [5.74, 6) is 2.48. The van der Waals surface area contributed by atoms with E-state index in [1.54, 1.807) is 14.2 Å². The van der Waals surface area contributed by atoms with Crippen LogP contribution in [0.2, 0.25) is 0 Å². The van der Waals surface area contributed by atoms with E-state index in [2.05, 4.69) is 45.1 Å². The van der Waals surface area contributed by atoms with Gasteiger partial charge in [-0.3, -0.25) is 0 Å². The molecule has 0 N–H and O–H groups in total. The van der Waals surface area contributed by atoms with Gasteiger partial charge in [0.1, 0.15) is 30.4 Å². The fourth-order valence-electron chi connectivity index (χ4n) is 3.30. The normalized spacial score (nSPS) is 11.6. The van der Waals surface area contributed by atoms with Gasteiger partial charge >= 0.3 is 0 Å². The minimum Gasteiger partial charge on any atom is -0.497 e. The van der Waals surface area contributed by atoms with E-state index in [1.807, 2.05) is 30.3 Å². The van der Waals surface area contributed by atoms with Gasteiger partial charge in [0.15, 0.2) is 0 Å². The van der Waals surface area contributed by atoms with Crippen molar-refractivity contribution in [3.8, 4) is 17.2 Å². The number of ether oxygens (including phenoxy) is 3. The third kappa shape index (κ3) is 6.03. The summed E-state index contributed by atoms with van der Waals surface area (Å²) in [6.07, 6.45) is 4.13. The predicted molar refractivity (Wildman–Crippen MR) is 117 cm³/mol. The number of methoxy groups -OCH3 is 2. The summed E-state index contributed by atoms with van der Waals surface area (Å²) in [6, 6.07) is 14.0. The molecule has 2 aromatic rings. The van der Waals surface area contributed by atoms with E-state index in [1.165, 1.54) is 0 Å². The fourth-order valence-corrected chi connectivity index (χ4v) is 3.30. The van der Waals surface area contributed by atoms with Crippen LogP contribution in [0.1, 0.15) is 31.9 Å². The van der Waals surface area contributed by atoms with E-state index in [0.29, 0.717) is 0 Å². The molecule has 2 aromatic carbocycles. The Hall–Kier alpha value is -2.46. The fraction of sp³-hybridized carbons (Fsp3) is 0.417. The van der Waals surface area contributed by atoms with Crippen molar-refractivity contribution in [2.75, 3.05) is 47.0 Å². The lowest BCUT2D eigenvalue weighted by atomic mass is 10.1. The summed E-state index contributed by atoms with van der Waals surface area (Å²) in [6.45, 7) is 12.0. The first-order chi connectivity index (χ1) is 13.6. The number of hydrogen-bond acceptors (Lipinski definition) is 3. The summed E-state index contributed by atoms with van der Waals surface area (Å²) in [7, 11) is 3.32. The Morgan fingerprint density at radius 2 is 1.25 bits per heavy atom. The van der Waals surface area contributed by atoms with Gasteiger partial charge in [-0.2, -0.15) is 0 Å². The second-order valence-corrected chi connectivity index (χ2v) is 6.91. The van der Waals surface area contributed by atoms with Gasteiger partial charge in [0.2, 0.25) is 0 Å². The Bertz CT molecular complexity index is 718. The van der Waals surface area contributed by atoms with Crippen molar-refractivity contribution in [1.82, 2.24) is 0 Å². The molecule has 0 saturated carbocycles. The first-order valence-electron chi connectivity index (χ1n) is 10.1. The SMILES string of the molecule is CC[N+](CC)(CC)CCOc1ccc(C=Cc2cc(OC)cc(OC)c2)cc1. The van der Waals surface area contributed by atoms with Gasteiger partial charge < -0.3 is 18.7 Å². The smallest absolute Gasteiger partial charge is 0.137 e. The second-order valence-electron chi connectivity index (χ2n) is 6.91. The van der Waals surface area contributed by atoms with Crippen LogP contribution in [-0.4, -0.2) is 51.5 Å². The van der Waals surface area contributed by atoms with Crippen LogP contribution in [0.5, 0.6) is 17.2 Å². The molecule has 152 valence electrons. The van der Waals surface area contributed by atoms with E-state index >= 15 is 0 Å². The molecule has 0 amide bonds. The van der Waals surface area contributed by atoms with Gasteiger partial charge in [0.25, 0.3) is 0 Å². The predicted octanol–water partition coefficient (Wildman–Crippen LogP) is 5.13. The summed E-state index contributed by atoms with van der Waals surface area (Å²) >= 11 is 0. The minimum atomic E-state index is 0.744. The van der Waals surface area contributed by atoms with Crippen LogP contribution in [0.3, 0.4) is 0 Å². The monoisotopic (exact) mass is 384 g/mol. The minimum absolute atomic E-state index is 0.744. The largest absolute Gasteiger partial charge is 0.497 e.